The zero-order chi connectivity index (χ0) is 27.1. The number of nitrogens with one attached hydrogen (secondary N) is 2. The third-order valence-electron chi connectivity index (χ3n) is 6.01. The van der Waals surface area contributed by atoms with Gasteiger partial charge in [0.15, 0.2) is 0 Å². The van der Waals surface area contributed by atoms with Gasteiger partial charge >= 0.3 is 12.0 Å². The molecule has 0 saturated carbocycles. The summed E-state index contributed by atoms with van der Waals surface area (Å²) in [6, 6.07) is 16.0. The second-order valence-corrected chi connectivity index (χ2v) is 8.60. The quantitative estimate of drug-likeness (QED) is 0.277. The van der Waals surface area contributed by atoms with Crippen LogP contribution in [0, 0.1) is 23.5 Å². The average Bonchev–Trinajstić information content (AvgIpc) is 2.92. The second kappa shape index (κ2) is 13.2. The molecule has 1 unspecified atom stereocenters. The van der Waals surface area contributed by atoms with Crippen LogP contribution in [-0.4, -0.2) is 19.1 Å². The first-order valence-electron chi connectivity index (χ1n) is 11.9. The van der Waals surface area contributed by atoms with Crippen molar-refractivity contribution in [2.75, 3.05) is 7.11 Å². The van der Waals surface area contributed by atoms with Crippen molar-refractivity contribution in [3.8, 4) is 17.6 Å². The van der Waals surface area contributed by atoms with Crippen molar-refractivity contribution < 1.29 is 27.8 Å². The highest BCUT2D eigenvalue weighted by molar-refractivity contribution is 5.95. The van der Waals surface area contributed by atoms with Gasteiger partial charge < -0.3 is 20.1 Å². The zero-order valence-electron chi connectivity index (χ0n) is 20.9. The van der Waals surface area contributed by atoms with Crippen LogP contribution in [-0.2, 0) is 22.6 Å². The number of methoxy groups -OCH3 is 1. The fourth-order valence-corrected chi connectivity index (χ4v) is 4.21. The van der Waals surface area contributed by atoms with E-state index < -0.39 is 29.7 Å². The van der Waals surface area contributed by atoms with Crippen LogP contribution in [0.5, 0.6) is 5.75 Å². The van der Waals surface area contributed by atoms with Crippen molar-refractivity contribution in [2.45, 2.75) is 39.8 Å². The van der Waals surface area contributed by atoms with Crippen molar-refractivity contribution in [3.63, 3.8) is 0 Å². The Balaban J connectivity index is 0.00000420. The maximum atomic E-state index is 14.1. The number of aryl methyl sites for hydroxylation is 1. The van der Waals surface area contributed by atoms with Crippen molar-refractivity contribution >= 4 is 12.0 Å². The highest BCUT2D eigenvalue weighted by Gasteiger charge is 2.34. The maximum Gasteiger partial charge on any atom is 0.338 e. The van der Waals surface area contributed by atoms with E-state index in [1.54, 1.807) is 20.1 Å². The Bertz CT molecular complexity index is 1460. The van der Waals surface area contributed by atoms with Gasteiger partial charge in [0.2, 0.25) is 0 Å². The highest BCUT2D eigenvalue weighted by Crippen LogP contribution is 2.30. The number of carbonyl (C=O) groups is 2. The molecule has 0 bridgehead atoms. The predicted octanol–water partition coefficient (Wildman–Crippen LogP) is 5.97. The molecule has 2 N–H and O–H groups in total. The topological polar surface area (TPSA) is 76.7 Å². The molecule has 1 aliphatic rings. The Labute approximate surface area is 227 Å². The van der Waals surface area contributed by atoms with Gasteiger partial charge in [0.1, 0.15) is 24.0 Å². The Morgan fingerprint density at radius 3 is 2.54 bits per heavy atom. The van der Waals surface area contributed by atoms with Crippen molar-refractivity contribution in [2.24, 2.45) is 0 Å². The Morgan fingerprint density at radius 2 is 1.79 bits per heavy atom. The fourth-order valence-electron chi connectivity index (χ4n) is 4.21. The lowest BCUT2D eigenvalue weighted by atomic mass is 9.93. The minimum atomic E-state index is -0.929. The van der Waals surface area contributed by atoms with Crippen LogP contribution >= 0.6 is 0 Å². The van der Waals surface area contributed by atoms with E-state index in [0.717, 1.165) is 5.56 Å². The number of esters is 1. The van der Waals surface area contributed by atoms with E-state index in [-0.39, 0.29) is 25.2 Å². The van der Waals surface area contributed by atoms with Gasteiger partial charge in [-0.1, -0.05) is 43.7 Å². The summed E-state index contributed by atoms with van der Waals surface area (Å²) < 4.78 is 38.9. The lowest BCUT2D eigenvalue weighted by Gasteiger charge is -2.29. The summed E-state index contributed by atoms with van der Waals surface area (Å²) in [7, 11) is 1.57. The van der Waals surface area contributed by atoms with Crippen LogP contribution in [0.4, 0.5) is 13.6 Å². The normalized spacial score (nSPS) is 14.3. The number of hydrogen-bond acceptors (Lipinski definition) is 4. The molecule has 0 fully saturated rings. The molecule has 1 aliphatic heterocycles. The van der Waals surface area contributed by atoms with Gasteiger partial charge in [-0.25, -0.2) is 18.4 Å². The monoisotopic (exact) mass is 532 g/mol. The summed E-state index contributed by atoms with van der Waals surface area (Å²) in [6.45, 7) is 1.45. The van der Waals surface area contributed by atoms with Gasteiger partial charge in [-0.3, -0.25) is 0 Å². The van der Waals surface area contributed by atoms with E-state index >= 15 is 0 Å². The molecule has 6 nitrogen and oxygen atoms in total. The van der Waals surface area contributed by atoms with Gasteiger partial charge in [-0.15, -0.1) is 5.92 Å². The van der Waals surface area contributed by atoms with E-state index in [2.05, 4.69) is 22.5 Å². The molecule has 8 heteroatoms. The predicted molar refractivity (Wildman–Crippen MR) is 145 cm³/mol. The maximum absolute atomic E-state index is 14.1. The van der Waals surface area contributed by atoms with Crippen LogP contribution in [0.1, 0.15) is 49.1 Å². The van der Waals surface area contributed by atoms with E-state index in [1.807, 2.05) is 24.3 Å². The molecule has 2 amide bonds. The summed E-state index contributed by atoms with van der Waals surface area (Å²) in [5.74, 6) is 4.35. The first-order valence-corrected chi connectivity index (χ1v) is 11.9. The molecule has 3 aromatic rings. The summed E-state index contributed by atoms with van der Waals surface area (Å²) in [4.78, 5) is 26.0. The number of benzene rings is 3. The van der Waals surface area contributed by atoms with E-state index in [0.29, 0.717) is 35.4 Å². The summed E-state index contributed by atoms with van der Waals surface area (Å²) in [5, 5.41) is 5.43. The standard InChI is InChI=1S/C30H26F2N2O4.CH4/c1-3-6-21-15-20(11-13-25(21)32)18-38-29(35)27-26(14-12-19-7-4-10-24(16-19)37-2)33-30(36)34-28(27)22-8-5-9-23(31)17-22;/h4-5,7-11,13,15-17,28H,12,14,18H2,1-2H3,(H2,33,34,36);1H4. The Morgan fingerprint density at radius 1 is 1.00 bits per heavy atom. The molecule has 3 aromatic carbocycles. The zero-order valence-corrected chi connectivity index (χ0v) is 20.9. The first-order chi connectivity index (χ1) is 18.4. The lowest BCUT2D eigenvalue weighted by molar-refractivity contribution is -0.140. The molecule has 39 heavy (non-hydrogen) atoms. The number of ether oxygens (including phenoxy) is 2. The Hall–Kier alpha value is -4.64. The molecule has 0 aromatic heterocycles. The number of amides is 2. The fraction of sp³-hybridized carbons (Fsp3) is 0.226. The first kappa shape index (κ1) is 28.9. The molecule has 202 valence electrons. The van der Waals surface area contributed by atoms with E-state index in [9.17, 15) is 18.4 Å². The van der Waals surface area contributed by atoms with Gasteiger partial charge in [0.05, 0.1) is 24.3 Å². The molecule has 1 atom stereocenters. The lowest BCUT2D eigenvalue weighted by Crippen LogP contribution is -2.46. The number of rotatable bonds is 8. The van der Waals surface area contributed by atoms with Crippen molar-refractivity contribution in [1.82, 2.24) is 10.6 Å². The largest absolute Gasteiger partial charge is 0.497 e. The van der Waals surface area contributed by atoms with E-state index in [1.165, 1.54) is 36.4 Å². The number of hydrogen-bond donors (Lipinski definition) is 2. The highest BCUT2D eigenvalue weighted by atomic mass is 19.1. The minimum Gasteiger partial charge on any atom is -0.497 e. The third-order valence-corrected chi connectivity index (χ3v) is 6.01. The number of urea groups is 1. The summed E-state index contributed by atoms with van der Waals surface area (Å²) in [6.07, 6.45) is 0.806. The molecule has 1 heterocycles. The second-order valence-electron chi connectivity index (χ2n) is 8.60. The van der Waals surface area contributed by atoms with Crippen LogP contribution in [0.25, 0.3) is 0 Å². The van der Waals surface area contributed by atoms with Gasteiger partial charge in [-0.2, -0.15) is 0 Å². The molecule has 0 aliphatic carbocycles. The van der Waals surface area contributed by atoms with Gasteiger partial charge in [-0.05, 0) is 72.9 Å². The van der Waals surface area contributed by atoms with E-state index in [4.69, 9.17) is 9.47 Å². The number of carbonyl (C=O) groups excluding carboxylic acids is 2. The number of allylic oxidation sites excluding steroid dienone is 1. The van der Waals surface area contributed by atoms with Crippen LogP contribution in [0.3, 0.4) is 0 Å². The third kappa shape index (κ3) is 7.23. The molecule has 0 saturated heterocycles. The van der Waals surface area contributed by atoms with Gasteiger partial charge in [0.25, 0.3) is 0 Å². The van der Waals surface area contributed by atoms with Crippen LogP contribution in [0.15, 0.2) is 78.0 Å². The van der Waals surface area contributed by atoms with Crippen molar-refractivity contribution in [3.05, 3.63) is 112 Å². The van der Waals surface area contributed by atoms with Crippen LogP contribution < -0.4 is 15.4 Å². The smallest absolute Gasteiger partial charge is 0.338 e. The van der Waals surface area contributed by atoms with Gasteiger partial charge in [0, 0.05) is 5.70 Å². The molecular weight excluding hydrogens is 502 g/mol. The summed E-state index contributed by atoms with van der Waals surface area (Å²) in [5.41, 5.74) is 2.61. The molecule has 0 spiro atoms. The summed E-state index contributed by atoms with van der Waals surface area (Å²) >= 11 is 0. The SMILES string of the molecule is C.CC#Cc1cc(COC(=O)C2=C(CCc3cccc(OC)c3)NC(=O)NC2c2cccc(F)c2)ccc1F. The number of halogens is 2. The molecule has 4 rings (SSSR count). The Kier molecular flexibility index (Phi) is 9.82. The minimum absolute atomic E-state index is 0. The average molecular weight is 533 g/mol. The molecule has 0 radical (unpaired) electrons. The van der Waals surface area contributed by atoms with Crippen LogP contribution in [0.2, 0.25) is 0 Å². The molecular formula is C31H30F2N2O4. The van der Waals surface area contributed by atoms with Crippen molar-refractivity contribution in [1.29, 1.82) is 0 Å².